The van der Waals surface area contributed by atoms with E-state index >= 15 is 0 Å². The minimum Gasteiger partial charge on any atom is -0.475 e. The lowest BCUT2D eigenvalue weighted by atomic mass is 10.0. The lowest BCUT2D eigenvalue weighted by Gasteiger charge is -2.38. The van der Waals surface area contributed by atoms with Crippen molar-refractivity contribution in [3.8, 4) is 0 Å². The number of fused-ring (bicyclic) bond motifs is 2. The average Bonchev–Trinajstić information content (AvgIpc) is 3.18. The van der Waals surface area contributed by atoms with E-state index in [0.29, 0.717) is 18.2 Å². The van der Waals surface area contributed by atoms with Crippen molar-refractivity contribution >= 4 is 16.0 Å². The molecule has 0 saturated carbocycles. The van der Waals surface area contributed by atoms with Crippen molar-refractivity contribution in [3.05, 3.63) is 83.7 Å². The first-order valence-electron chi connectivity index (χ1n) is 10.8. The number of hydrogen-bond acceptors (Lipinski definition) is 3. The second kappa shape index (κ2) is 8.37. The van der Waals surface area contributed by atoms with Crippen LogP contribution in [-0.4, -0.2) is 39.8 Å². The van der Waals surface area contributed by atoms with E-state index in [4.69, 9.17) is 4.74 Å². The largest absolute Gasteiger partial charge is 0.475 e. The summed E-state index contributed by atoms with van der Waals surface area (Å²) in [5, 5.41) is 2.36. The fourth-order valence-electron chi connectivity index (χ4n) is 4.92. The minimum atomic E-state index is 0.0205. The predicted molar refractivity (Wildman–Crippen MR) is 123 cm³/mol. The Hall–Kier alpha value is -2.04. The molecule has 152 valence electrons. The molecule has 0 N–H and O–H groups in total. The van der Waals surface area contributed by atoms with E-state index in [1.165, 1.54) is 24.0 Å². The van der Waals surface area contributed by atoms with Crippen LogP contribution in [0.25, 0.3) is 0 Å². The molecule has 0 aliphatic carbocycles. The number of benzene rings is 2. The maximum absolute atomic E-state index is 6.67. The maximum atomic E-state index is 6.67. The van der Waals surface area contributed by atoms with E-state index < -0.39 is 0 Å². The molecular formula is C25H30N2OS. The molecule has 2 aromatic carbocycles. The topological polar surface area (TPSA) is 15.7 Å². The molecule has 3 heterocycles. The Morgan fingerprint density at radius 1 is 0.897 bits per heavy atom. The summed E-state index contributed by atoms with van der Waals surface area (Å²) in [6, 6.07) is 23.0. The van der Waals surface area contributed by atoms with Gasteiger partial charge in [0.2, 0.25) is 0 Å². The first-order chi connectivity index (χ1) is 14.3. The predicted octanol–water partition coefficient (Wildman–Crippen LogP) is 5.17. The zero-order valence-electron chi connectivity index (χ0n) is 17.1. The van der Waals surface area contributed by atoms with Crippen LogP contribution in [-0.2, 0) is 17.0 Å². The van der Waals surface area contributed by atoms with Gasteiger partial charge in [-0.15, -0.1) is 0 Å². The van der Waals surface area contributed by atoms with Crippen LogP contribution in [0.15, 0.2) is 72.6 Å². The summed E-state index contributed by atoms with van der Waals surface area (Å²) < 4.78 is 9.16. The molecular weight excluding hydrogens is 376 g/mol. The fraction of sp³-hybridized carbons (Fsp3) is 0.400. The molecule has 0 radical (unpaired) electrons. The Bertz CT molecular complexity index is 882. The van der Waals surface area contributed by atoms with E-state index in [0.717, 1.165) is 31.0 Å². The molecule has 3 nitrogen and oxygen atoms in total. The summed E-state index contributed by atoms with van der Waals surface area (Å²) in [6.45, 7) is 0.901. The van der Waals surface area contributed by atoms with Gasteiger partial charge in [-0.2, -0.15) is 0 Å². The molecule has 29 heavy (non-hydrogen) atoms. The maximum Gasteiger partial charge on any atom is 0.200 e. The Morgan fingerprint density at radius 2 is 1.52 bits per heavy atom. The van der Waals surface area contributed by atoms with E-state index in [2.05, 4.69) is 88.4 Å². The zero-order valence-corrected chi connectivity index (χ0v) is 17.9. The highest BCUT2D eigenvalue weighted by atomic mass is 32.2. The van der Waals surface area contributed by atoms with Gasteiger partial charge in [0.05, 0.1) is 6.54 Å². The van der Waals surface area contributed by atoms with Crippen LogP contribution in [0, 0.1) is 0 Å². The summed E-state index contributed by atoms with van der Waals surface area (Å²) in [5.41, 5.74) is 2.73. The number of allylic oxidation sites excluding steroid dienone is 1. The first-order valence-corrected chi connectivity index (χ1v) is 12.2. The van der Waals surface area contributed by atoms with Gasteiger partial charge in [-0.1, -0.05) is 71.3 Å². The van der Waals surface area contributed by atoms with Crippen LogP contribution in [0.1, 0.15) is 36.8 Å². The van der Waals surface area contributed by atoms with E-state index in [1.54, 1.807) is 0 Å². The van der Waals surface area contributed by atoms with Crippen molar-refractivity contribution in [2.24, 2.45) is 0 Å². The highest BCUT2D eigenvalue weighted by Gasteiger charge is 2.40. The minimum absolute atomic E-state index is 0.0205. The van der Waals surface area contributed by atoms with Gasteiger partial charge in [0.15, 0.2) is 5.88 Å². The number of piperidine rings is 1. The molecule has 0 amide bonds. The third-order valence-corrected chi connectivity index (χ3v) is 8.52. The van der Waals surface area contributed by atoms with Crippen molar-refractivity contribution < 1.29 is 4.74 Å². The van der Waals surface area contributed by atoms with Crippen molar-refractivity contribution in [1.29, 1.82) is 0 Å². The second-order valence-corrected chi connectivity index (χ2v) is 10.3. The van der Waals surface area contributed by atoms with E-state index in [9.17, 15) is 0 Å². The van der Waals surface area contributed by atoms with E-state index in [-0.39, 0.29) is 10.7 Å². The third kappa shape index (κ3) is 4.15. The van der Waals surface area contributed by atoms with Crippen molar-refractivity contribution in [2.75, 3.05) is 7.05 Å². The summed E-state index contributed by atoms with van der Waals surface area (Å²) in [5.74, 6) is 2.11. The molecule has 3 atom stereocenters. The lowest BCUT2D eigenvalue weighted by Crippen LogP contribution is -2.43. The normalized spacial score (nSPS) is 28.9. The third-order valence-electron chi connectivity index (χ3n) is 6.57. The van der Waals surface area contributed by atoms with E-state index in [1.807, 2.05) is 0 Å². The van der Waals surface area contributed by atoms with Gasteiger partial charge in [-0.25, -0.2) is 0 Å². The molecule has 2 saturated heterocycles. The SMILES string of the molecule is CN1C2CCC1CC(OC1=CC=S(Cc3ccccc3)N1Cc1ccccc1)C2. The highest BCUT2D eigenvalue weighted by molar-refractivity contribution is 8.12. The molecule has 2 fully saturated rings. The number of hydrogen-bond donors (Lipinski definition) is 0. The Balaban J connectivity index is 1.32. The van der Waals surface area contributed by atoms with Crippen LogP contribution < -0.4 is 0 Å². The Labute approximate surface area is 177 Å². The molecule has 0 spiro atoms. The van der Waals surface area contributed by atoms with Crippen LogP contribution in [0.4, 0.5) is 0 Å². The smallest absolute Gasteiger partial charge is 0.200 e. The van der Waals surface area contributed by atoms with Crippen molar-refractivity contribution in [1.82, 2.24) is 9.21 Å². The molecule has 3 unspecified atom stereocenters. The summed E-state index contributed by atoms with van der Waals surface area (Å²) in [4.78, 5) is 2.58. The van der Waals surface area contributed by atoms with Crippen LogP contribution in [0.2, 0.25) is 0 Å². The van der Waals surface area contributed by atoms with Crippen LogP contribution in [0.3, 0.4) is 0 Å². The molecule has 4 heteroatoms. The Kier molecular flexibility index (Phi) is 5.47. The first kappa shape index (κ1) is 19.0. The number of rotatable bonds is 6. The summed E-state index contributed by atoms with van der Waals surface area (Å²) >= 11 is 0. The van der Waals surface area contributed by atoms with Gasteiger partial charge in [0.25, 0.3) is 0 Å². The van der Waals surface area contributed by atoms with Gasteiger partial charge in [-0.05, 0) is 49.2 Å². The van der Waals surface area contributed by atoms with Crippen molar-refractivity contribution in [2.45, 2.75) is 56.2 Å². The van der Waals surface area contributed by atoms with Gasteiger partial charge in [-0.3, -0.25) is 4.31 Å². The molecule has 3 aliphatic rings. The highest BCUT2D eigenvalue weighted by Crippen LogP contribution is 2.40. The van der Waals surface area contributed by atoms with Gasteiger partial charge in [0, 0.05) is 23.9 Å². The monoisotopic (exact) mass is 406 g/mol. The van der Waals surface area contributed by atoms with Crippen molar-refractivity contribution in [3.63, 3.8) is 0 Å². The summed E-state index contributed by atoms with van der Waals surface area (Å²) in [6.07, 6.45) is 7.57. The molecule has 2 aromatic rings. The molecule has 2 bridgehead atoms. The van der Waals surface area contributed by atoms with Crippen LogP contribution in [0.5, 0.6) is 0 Å². The van der Waals surface area contributed by atoms with Gasteiger partial charge in [0.1, 0.15) is 6.10 Å². The standard InChI is InChI=1S/C25H30N2OS/c1-26-22-12-13-23(26)17-24(16-22)28-25-14-15-29(19-21-10-6-3-7-11-21)27(25)18-20-8-4-2-5-9-20/h2-11,14-15,22-24H,12-13,16-19H2,1H3. The zero-order chi connectivity index (χ0) is 19.6. The fourth-order valence-corrected chi connectivity index (χ4v) is 6.77. The molecule has 0 aromatic heterocycles. The second-order valence-electron chi connectivity index (χ2n) is 8.46. The number of ether oxygens (including phenoxy) is 1. The van der Waals surface area contributed by atoms with Gasteiger partial charge >= 0.3 is 0 Å². The number of nitrogens with zero attached hydrogens (tertiary/aromatic N) is 2. The lowest BCUT2D eigenvalue weighted by molar-refractivity contribution is 0.00620. The van der Waals surface area contributed by atoms with Gasteiger partial charge < -0.3 is 9.64 Å². The molecule has 3 aliphatic heterocycles. The average molecular weight is 407 g/mol. The quantitative estimate of drug-likeness (QED) is 0.616. The van der Waals surface area contributed by atoms with Crippen LogP contribution >= 0.6 is 10.7 Å². The Morgan fingerprint density at radius 3 is 2.17 bits per heavy atom. The molecule has 5 rings (SSSR count). The summed E-state index contributed by atoms with van der Waals surface area (Å²) in [7, 11) is 2.31.